The van der Waals surface area contributed by atoms with Gasteiger partial charge in [0.05, 0.1) is 0 Å². The van der Waals surface area contributed by atoms with Crippen LogP contribution in [0, 0.1) is 6.92 Å². The van der Waals surface area contributed by atoms with Crippen molar-refractivity contribution in [1.29, 1.82) is 0 Å². The number of aryl methyl sites for hydroxylation is 2. The van der Waals surface area contributed by atoms with Gasteiger partial charge >= 0.3 is 0 Å². The topological polar surface area (TPSA) is 21.3 Å². The second-order valence-corrected chi connectivity index (χ2v) is 5.95. The molecule has 0 radical (unpaired) electrons. The van der Waals surface area contributed by atoms with Crippen LogP contribution in [-0.4, -0.2) is 13.2 Å². The Bertz CT molecular complexity index is 504. The van der Waals surface area contributed by atoms with Gasteiger partial charge in [0, 0.05) is 18.0 Å². The molecule has 1 aromatic heterocycles. The van der Waals surface area contributed by atoms with E-state index < -0.39 is 0 Å². The van der Waals surface area contributed by atoms with Crippen LogP contribution in [-0.2, 0) is 13.0 Å². The molecule has 0 amide bonds. The summed E-state index contributed by atoms with van der Waals surface area (Å²) in [6, 6.07) is 10.6. The zero-order chi connectivity index (χ0) is 14.2. The summed E-state index contributed by atoms with van der Waals surface area (Å²) in [5.74, 6) is 0.957. The van der Waals surface area contributed by atoms with Crippen molar-refractivity contribution in [3.63, 3.8) is 0 Å². The standard InChI is InChI=1S/C17H23NOS/c1-3-4-15-5-7-16(8-6-15)19-11-10-18-13-17-14(2)9-12-20-17/h5-9,12,18H,3-4,10-11,13H2,1-2H3. The first-order valence-corrected chi connectivity index (χ1v) is 8.13. The summed E-state index contributed by atoms with van der Waals surface area (Å²) in [4.78, 5) is 1.41. The van der Waals surface area contributed by atoms with E-state index in [4.69, 9.17) is 4.74 Å². The average Bonchev–Trinajstić information content (AvgIpc) is 2.86. The van der Waals surface area contributed by atoms with Crippen LogP contribution >= 0.6 is 11.3 Å². The van der Waals surface area contributed by atoms with Gasteiger partial charge in [0.2, 0.25) is 0 Å². The Hall–Kier alpha value is -1.32. The van der Waals surface area contributed by atoms with E-state index in [1.807, 2.05) is 0 Å². The van der Waals surface area contributed by atoms with Crippen molar-refractivity contribution < 1.29 is 4.74 Å². The van der Waals surface area contributed by atoms with Gasteiger partial charge in [-0.2, -0.15) is 0 Å². The molecule has 2 rings (SSSR count). The number of benzene rings is 1. The van der Waals surface area contributed by atoms with E-state index >= 15 is 0 Å². The van der Waals surface area contributed by atoms with Crippen LogP contribution in [0.25, 0.3) is 0 Å². The smallest absolute Gasteiger partial charge is 0.119 e. The van der Waals surface area contributed by atoms with E-state index in [-0.39, 0.29) is 0 Å². The van der Waals surface area contributed by atoms with Crippen molar-refractivity contribution in [2.24, 2.45) is 0 Å². The lowest BCUT2D eigenvalue weighted by atomic mass is 10.1. The third kappa shape index (κ3) is 4.66. The average molecular weight is 289 g/mol. The molecule has 1 N–H and O–H groups in total. The van der Waals surface area contributed by atoms with Crippen LogP contribution in [0.5, 0.6) is 5.75 Å². The lowest BCUT2D eigenvalue weighted by molar-refractivity contribution is 0.313. The van der Waals surface area contributed by atoms with Gasteiger partial charge in [0.15, 0.2) is 0 Å². The molecule has 0 atom stereocenters. The molecule has 2 nitrogen and oxygen atoms in total. The van der Waals surface area contributed by atoms with E-state index in [2.05, 4.69) is 54.9 Å². The Morgan fingerprint density at radius 2 is 1.95 bits per heavy atom. The molecule has 0 spiro atoms. The lowest BCUT2D eigenvalue weighted by Gasteiger charge is -2.08. The van der Waals surface area contributed by atoms with Crippen LogP contribution in [0.2, 0.25) is 0 Å². The van der Waals surface area contributed by atoms with Crippen molar-refractivity contribution in [1.82, 2.24) is 5.32 Å². The molecule has 20 heavy (non-hydrogen) atoms. The Kier molecular flexibility index (Phi) is 6.09. The molecule has 1 heterocycles. The number of hydrogen-bond donors (Lipinski definition) is 1. The molecule has 1 aromatic carbocycles. The molecule has 2 aromatic rings. The first-order valence-electron chi connectivity index (χ1n) is 7.25. The predicted molar refractivity (Wildman–Crippen MR) is 86.7 cm³/mol. The van der Waals surface area contributed by atoms with Crippen molar-refractivity contribution in [2.75, 3.05) is 13.2 Å². The molecular formula is C17H23NOS. The maximum absolute atomic E-state index is 5.73. The monoisotopic (exact) mass is 289 g/mol. The molecule has 0 bridgehead atoms. The summed E-state index contributed by atoms with van der Waals surface area (Å²) in [5.41, 5.74) is 2.75. The Balaban J connectivity index is 1.64. The fraction of sp³-hybridized carbons (Fsp3) is 0.412. The highest BCUT2D eigenvalue weighted by Gasteiger charge is 1.99. The third-order valence-corrected chi connectivity index (χ3v) is 4.29. The van der Waals surface area contributed by atoms with Gasteiger partial charge in [-0.1, -0.05) is 25.5 Å². The summed E-state index contributed by atoms with van der Waals surface area (Å²) in [5, 5.41) is 5.56. The van der Waals surface area contributed by atoms with Gasteiger partial charge < -0.3 is 10.1 Å². The molecule has 0 saturated carbocycles. The van der Waals surface area contributed by atoms with Crippen LogP contribution < -0.4 is 10.1 Å². The lowest BCUT2D eigenvalue weighted by Crippen LogP contribution is -2.20. The molecule has 0 aliphatic rings. The molecule has 0 aliphatic heterocycles. The van der Waals surface area contributed by atoms with E-state index in [9.17, 15) is 0 Å². The number of hydrogen-bond acceptors (Lipinski definition) is 3. The van der Waals surface area contributed by atoms with E-state index in [1.54, 1.807) is 11.3 Å². The van der Waals surface area contributed by atoms with Gasteiger partial charge in [-0.25, -0.2) is 0 Å². The molecule has 3 heteroatoms. The predicted octanol–water partition coefficient (Wildman–Crippen LogP) is 4.18. The van der Waals surface area contributed by atoms with Crippen molar-refractivity contribution in [2.45, 2.75) is 33.2 Å². The first kappa shape index (κ1) is 15.1. The number of ether oxygens (including phenoxy) is 1. The zero-order valence-electron chi connectivity index (χ0n) is 12.3. The summed E-state index contributed by atoms with van der Waals surface area (Å²) >= 11 is 1.81. The molecule has 0 fully saturated rings. The maximum atomic E-state index is 5.73. The molecule has 108 valence electrons. The van der Waals surface area contributed by atoms with Gasteiger partial charge in [0.1, 0.15) is 12.4 Å². The number of rotatable bonds is 8. The minimum absolute atomic E-state index is 0.706. The highest BCUT2D eigenvalue weighted by atomic mass is 32.1. The maximum Gasteiger partial charge on any atom is 0.119 e. The summed E-state index contributed by atoms with van der Waals surface area (Å²) < 4.78 is 5.73. The first-order chi connectivity index (χ1) is 9.79. The summed E-state index contributed by atoms with van der Waals surface area (Å²) in [7, 11) is 0. The Morgan fingerprint density at radius 1 is 1.15 bits per heavy atom. The van der Waals surface area contributed by atoms with Gasteiger partial charge in [-0.3, -0.25) is 0 Å². The Labute approximate surface area is 125 Å². The molecule has 0 saturated heterocycles. The van der Waals surface area contributed by atoms with Crippen LogP contribution in [0.15, 0.2) is 35.7 Å². The number of nitrogens with one attached hydrogen (secondary N) is 1. The molecule has 0 unspecified atom stereocenters. The van der Waals surface area contributed by atoms with Gasteiger partial charge in [-0.05, 0) is 48.1 Å². The second kappa shape index (κ2) is 8.08. The Morgan fingerprint density at radius 3 is 2.60 bits per heavy atom. The largest absolute Gasteiger partial charge is 0.492 e. The van der Waals surface area contributed by atoms with Gasteiger partial charge in [0.25, 0.3) is 0 Å². The molecular weight excluding hydrogens is 266 g/mol. The van der Waals surface area contributed by atoms with E-state index in [1.165, 1.54) is 22.4 Å². The van der Waals surface area contributed by atoms with Crippen molar-refractivity contribution in [3.8, 4) is 5.75 Å². The van der Waals surface area contributed by atoms with Crippen molar-refractivity contribution >= 4 is 11.3 Å². The fourth-order valence-corrected chi connectivity index (χ4v) is 2.94. The quantitative estimate of drug-likeness (QED) is 0.736. The zero-order valence-corrected chi connectivity index (χ0v) is 13.1. The van der Waals surface area contributed by atoms with Crippen LogP contribution in [0.4, 0.5) is 0 Å². The van der Waals surface area contributed by atoms with Gasteiger partial charge in [-0.15, -0.1) is 11.3 Å². The van der Waals surface area contributed by atoms with Crippen LogP contribution in [0.3, 0.4) is 0 Å². The second-order valence-electron chi connectivity index (χ2n) is 4.95. The summed E-state index contributed by atoms with van der Waals surface area (Å²) in [6.45, 7) is 6.86. The SMILES string of the molecule is CCCc1ccc(OCCNCc2sccc2C)cc1. The van der Waals surface area contributed by atoms with E-state index in [0.29, 0.717) is 6.61 Å². The van der Waals surface area contributed by atoms with Crippen LogP contribution in [0.1, 0.15) is 29.3 Å². The third-order valence-electron chi connectivity index (χ3n) is 3.26. The fourth-order valence-electron chi connectivity index (χ4n) is 2.07. The normalized spacial score (nSPS) is 10.7. The van der Waals surface area contributed by atoms with E-state index in [0.717, 1.165) is 25.3 Å². The number of thiophene rings is 1. The van der Waals surface area contributed by atoms with Crippen molar-refractivity contribution in [3.05, 3.63) is 51.7 Å². The highest BCUT2D eigenvalue weighted by molar-refractivity contribution is 7.10. The minimum Gasteiger partial charge on any atom is -0.492 e. The summed E-state index contributed by atoms with van der Waals surface area (Å²) in [6.07, 6.45) is 2.33. The highest BCUT2D eigenvalue weighted by Crippen LogP contribution is 2.15. The minimum atomic E-state index is 0.706. The molecule has 0 aliphatic carbocycles.